The van der Waals surface area contributed by atoms with Crippen LogP contribution >= 0.6 is 22.9 Å². The minimum atomic E-state index is -3.73. The zero-order valence-corrected chi connectivity index (χ0v) is 20.0. The molecular formula is C21H25ClN2O5S2. The summed E-state index contributed by atoms with van der Waals surface area (Å²) in [5, 5.41) is 3.73. The fraction of sp³-hybridized carbons (Fsp3) is 0.429. The number of anilines is 1. The van der Waals surface area contributed by atoms with E-state index in [0.717, 1.165) is 10.4 Å². The van der Waals surface area contributed by atoms with Crippen molar-refractivity contribution in [1.82, 2.24) is 4.31 Å². The number of hydrogen-bond donors (Lipinski definition) is 1. The maximum Gasteiger partial charge on any atom is 0.341 e. The molecular weight excluding hydrogens is 460 g/mol. The third kappa shape index (κ3) is 5.11. The number of esters is 1. The van der Waals surface area contributed by atoms with Gasteiger partial charge in [0.2, 0.25) is 15.9 Å². The van der Waals surface area contributed by atoms with Crippen LogP contribution < -0.4 is 5.32 Å². The standard InChI is InChI=1S/C21H25ClN2O5S2/c1-4-29-21(26)18-13(2)14(3)30-20(18)23-19(25)15-6-5-11-24(12-15)31(27,28)17-9-7-16(22)8-10-17/h7-10,15H,4-6,11-12H2,1-3H3,(H,23,25). The highest BCUT2D eigenvalue weighted by Gasteiger charge is 2.34. The number of nitrogens with one attached hydrogen (secondary N) is 1. The second-order valence-corrected chi connectivity index (χ2v) is 11.0. The topological polar surface area (TPSA) is 92.8 Å². The lowest BCUT2D eigenvalue weighted by Crippen LogP contribution is -2.43. The van der Waals surface area contributed by atoms with E-state index in [1.807, 2.05) is 13.8 Å². The third-order valence-electron chi connectivity index (χ3n) is 5.31. The minimum Gasteiger partial charge on any atom is -0.462 e. The number of nitrogens with zero attached hydrogens (tertiary/aromatic N) is 1. The molecule has 1 amide bonds. The Hall–Kier alpha value is -1.94. The van der Waals surface area contributed by atoms with Crippen molar-refractivity contribution in [2.24, 2.45) is 5.92 Å². The van der Waals surface area contributed by atoms with Crippen molar-refractivity contribution >= 4 is 49.8 Å². The summed E-state index contributed by atoms with van der Waals surface area (Å²) in [6.45, 7) is 6.08. The van der Waals surface area contributed by atoms with Crippen molar-refractivity contribution in [2.45, 2.75) is 38.5 Å². The van der Waals surface area contributed by atoms with E-state index < -0.39 is 21.9 Å². The van der Waals surface area contributed by atoms with Crippen LogP contribution in [0.15, 0.2) is 29.2 Å². The molecule has 1 fully saturated rings. The van der Waals surface area contributed by atoms with Gasteiger partial charge in [0.05, 0.1) is 23.0 Å². The summed E-state index contributed by atoms with van der Waals surface area (Å²) >= 11 is 7.18. The zero-order chi connectivity index (χ0) is 22.8. The largest absolute Gasteiger partial charge is 0.462 e. The van der Waals surface area contributed by atoms with Crippen molar-refractivity contribution in [3.63, 3.8) is 0 Å². The summed E-state index contributed by atoms with van der Waals surface area (Å²) in [5.41, 5.74) is 1.13. The molecule has 1 N–H and O–H groups in total. The van der Waals surface area contributed by atoms with Crippen molar-refractivity contribution in [2.75, 3.05) is 25.0 Å². The van der Waals surface area contributed by atoms with Crippen LogP contribution in [-0.4, -0.2) is 44.3 Å². The molecule has 2 heterocycles. The van der Waals surface area contributed by atoms with E-state index in [9.17, 15) is 18.0 Å². The van der Waals surface area contributed by atoms with Gasteiger partial charge in [0.15, 0.2) is 0 Å². The van der Waals surface area contributed by atoms with Crippen molar-refractivity contribution in [3.8, 4) is 0 Å². The fourth-order valence-corrected chi connectivity index (χ4v) is 6.21. The Labute approximate surface area is 191 Å². The van der Waals surface area contributed by atoms with Gasteiger partial charge in [-0.25, -0.2) is 13.2 Å². The lowest BCUT2D eigenvalue weighted by molar-refractivity contribution is -0.120. The van der Waals surface area contributed by atoms with Gasteiger partial charge < -0.3 is 10.1 Å². The number of carbonyl (C=O) groups excluding carboxylic acids is 2. The molecule has 1 unspecified atom stereocenters. The molecule has 2 aromatic rings. The second kappa shape index (κ2) is 9.68. The lowest BCUT2D eigenvalue weighted by atomic mass is 9.99. The van der Waals surface area contributed by atoms with Gasteiger partial charge in [-0.05, 0) is 63.4 Å². The summed E-state index contributed by atoms with van der Waals surface area (Å²) in [6, 6.07) is 5.98. The maximum atomic E-state index is 13.0. The molecule has 1 aliphatic rings. The monoisotopic (exact) mass is 484 g/mol. The predicted molar refractivity (Wildman–Crippen MR) is 121 cm³/mol. The molecule has 1 aromatic carbocycles. The number of carbonyl (C=O) groups is 2. The summed E-state index contributed by atoms with van der Waals surface area (Å²) in [4.78, 5) is 26.4. The summed E-state index contributed by atoms with van der Waals surface area (Å²) < 4.78 is 32.4. The van der Waals surface area contributed by atoms with E-state index in [4.69, 9.17) is 16.3 Å². The van der Waals surface area contributed by atoms with E-state index >= 15 is 0 Å². The minimum absolute atomic E-state index is 0.0782. The molecule has 0 aliphatic carbocycles. The third-order valence-corrected chi connectivity index (χ3v) is 8.56. The Morgan fingerprint density at radius 2 is 1.94 bits per heavy atom. The molecule has 0 saturated carbocycles. The van der Waals surface area contributed by atoms with E-state index in [0.29, 0.717) is 35.0 Å². The fourth-order valence-electron chi connectivity index (χ4n) is 3.51. The van der Waals surface area contributed by atoms with Crippen LogP contribution in [-0.2, 0) is 19.6 Å². The first-order chi connectivity index (χ1) is 14.6. The Kier molecular flexibility index (Phi) is 7.41. The second-order valence-electron chi connectivity index (χ2n) is 7.35. The van der Waals surface area contributed by atoms with Crippen LogP contribution in [0.25, 0.3) is 0 Å². The highest BCUT2D eigenvalue weighted by atomic mass is 35.5. The van der Waals surface area contributed by atoms with Gasteiger partial charge in [0.25, 0.3) is 0 Å². The summed E-state index contributed by atoms with van der Waals surface area (Å²) in [5.74, 6) is -1.30. The molecule has 3 rings (SSSR count). The first kappa shape index (κ1) is 23.7. The van der Waals surface area contributed by atoms with Gasteiger partial charge >= 0.3 is 5.97 Å². The number of ether oxygens (including phenoxy) is 1. The van der Waals surface area contributed by atoms with Gasteiger partial charge in [-0.15, -0.1) is 11.3 Å². The molecule has 0 radical (unpaired) electrons. The first-order valence-corrected chi connectivity index (χ1v) is 12.6. The van der Waals surface area contributed by atoms with E-state index in [-0.39, 0.29) is 24.0 Å². The smallest absolute Gasteiger partial charge is 0.341 e. The average Bonchev–Trinajstić information content (AvgIpc) is 3.01. The normalized spacial score (nSPS) is 17.4. The number of halogens is 1. The Bertz CT molecular complexity index is 1080. The predicted octanol–water partition coefficient (Wildman–Crippen LogP) is 4.23. The Morgan fingerprint density at radius 3 is 2.58 bits per heavy atom. The molecule has 1 atom stereocenters. The molecule has 1 aromatic heterocycles. The number of rotatable bonds is 6. The lowest BCUT2D eigenvalue weighted by Gasteiger charge is -2.31. The van der Waals surface area contributed by atoms with E-state index in [1.165, 1.54) is 39.9 Å². The van der Waals surface area contributed by atoms with Crippen LogP contribution in [0.5, 0.6) is 0 Å². The Morgan fingerprint density at radius 1 is 1.26 bits per heavy atom. The van der Waals surface area contributed by atoms with E-state index in [1.54, 1.807) is 6.92 Å². The van der Waals surface area contributed by atoms with Crippen molar-refractivity contribution < 1.29 is 22.7 Å². The first-order valence-electron chi connectivity index (χ1n) is 9.98. The van der Waals surface area contributed by atoms with Crippen LogP contribution in [0.2, 0.25) is 5.02 Å². The molecule has 168 valence electrons. The Balaban J connectivity index is 1.77. The number of sulfonamides is 1. The number of aryl methyl sites for hydroxylation is 1. The zero-order valence-electron chi connectivity index (χ0n) is 17.6. The summed E-state index contributed by atoms with van der Waals surface area (Å²) in [7, 11) is -3.73. The molecule has 1 aliphatic heterocycles. The highest BCUT2D eigenvalue weighted by Crippen LogP contribution is 2.34. The van der Waals surface area contributed by atoms with Crippen LogP contribution in [0.4, 0.5) is 5.00 Å². The molecule has 0 spiro atoms. The average molecular weight is 485 g/mol. The van der Waals surface area contributed by atoms with Crippen molar-refractivity contribution in [1.29, 1.82) is 0 Å². The number of benzene rings is 1. The van der Waals surface area contributed by atoms with Gasteiger partial charge in [-0.3, -0.25) is 4.79 Å². The SMILES string of the molecule is CCOC(=O)c1c(NC(=O)C2CCCN(S(=O)(=O)c3ccc(Cl)cc3)C2)sc(C)c1C. The quantitative estimate of drug-likeness (QED) is 0.619. The molecule has 1 saturated heterocycles. The molecule has 10 heteroatoms. The van der Waals surface area contributed by atoms with Gasteiger partial charge in [-0.1, -0.05) is 11.6 Å². The van der Waals surface area contributed by atoms with Crippen LogP contribution in [0.3, 0.4) is 0 Å². The molecule has 7 nitrogen and oxygen atoms in total. The number of amides is 1. The maximum absolute atomic E-state index is 13.0. The van der Waals surface area contributed by atoms with Gasteiger partial charge in [0, 0.05) is 23.0 Å². The molecule has 0 bridgehead atoms. The van der Waals surface area contributed by atoms with E-state index in [2.05, 4.69) is 5.32 Å². The van der Waals surface area contributed by atoms with Crippen LogP contribution in [0.1, 0.15) is 40.6 Å². The number of thiophene rings is 1. The number of hydrogen-bond acceptors (Lipinski definition) is 6. The van der Waals surface area contributed by atoms with Gasteiger partial charge in [-0.2, -0.15) is 4.31 Å². The summed E-state index contributed by atoms with van der Waals surface area (Å²) in [6.07, 6.45) is 1.13. The molecule has 31 heavy (non-hydrogen) atoms. The highest BCUT2D eigenvalue weighted by molar-refractivity contribution is 7.89. The van der Waals surface area contributed by atoms with Crippen LogP contribution in [0, 0.1) is 19.8 Å². The number of piperidine rings is 1. The van der Waals surface area contributed by atoms with Crippen molar-refractivity contribution in [3.05, 3.63) is 45.3 Å². The van der Waals surface area contributed by atoms with Gasteiger partial charge in [0.1, 0.15) is 5.00 Å².